The Hall–Kier alpha value is -3.69. The van der Waals surface area contributed by atoms with Gasteiger partial charge in [0.05, 0.1) is 22.0 Å². The van der Waals surface area contributed by atoms with Crippen LogP contribution in [0.15, 0.2) is 46.8 Å². The molecule has 10 nitrogen and oxygen atoms in total. The number of dihydropyridines is 1. The van der Waals surface area contributed by atoms with Crippen LogP contribution in [0.4, 0.5) is 5.69 Å². The second-order valence-electron chi connectivity index (χ2n) is 6.96. The van der Waals surface area contributed by atoms with Crippen LogP contribution in [0.3, 0.4) is 0 Å². The second kappa shape index (κ2) is 10.4. The van der Waals surface area contributed by atoms with Gasteiger partial charge in [-0.25, -0.2) is 9.59 Å². The number of nitro benzene ring substituents is 1. The minimum Gasteiger partial charge on any atom is -0.478 e. The first-order valence-corrected chi connectivity index (χ1v) is 9.66. The number of nitro groups is 1. The highest BCUT2D eigenvalue weighted by Crippen LogP contribution is 2.39. The van der Waals surface area contributed by atoms with Crippen LogP contribution >= 0.6 is 0 Å². The maximum Gasteiger partial charge on any atom is 0.339 e. The fraction of sp³-hybridized carbons (Fsp3) is 0.381. The van der Waals surface area contributed by atoms with E-state index in [2.05, 4.69) is 5.32 Å². The predicted molar refractivity (Wildman–Crippen MR) is 109 cm³/mol. The summed E-state index contributed by atoms with van der Waals surface area (Å²) < 4.78 is 9.95. The number of hydrogen-bond donors (Lipinski definition) is 2. The number of nitrogens with zero attached hydrogens (tertiary/aromatic N) is 1. The largest absolute Gasteiger partial charge is 0.478 e. The standard InChI is InChI=1S/C21H24N2O8/c1-4-5-9-16(24)30-11-31-21(27)18-13(3)22-12(2)17(20(25)26)19(18)14-7-6-8-15(10-14)23(28)29/h6-8,10,19,22H,4-5,9,11H2,1-3H3,(H,25,26). The Morgan fingerprint density at radius 3 is 2.45 bits per heavy atom. The summed E-state index contributed by atoms with van der Waals surface area (Å²) in [6, 6.07) is 5.41. The molecule has 31 heavy (non-hydrogen) atoms. The molecule has 1 atom stereocenters. The lowest BCUT2D eigenvalue weighted by atomic mass is 9.80. The maximum absolute atomic E-state index is 12.8. The Balaban J connectivity index is 2.36. The molecule has 0 saturated carbocycles. The normalized spacial score (nSPS) is 15.9. The van der Waals surface area contributed by atoms with Gasteiger partial charge < -0.3 is 19.9 Å². The van der Waals surface area contributed by atoms with E-state index in [1.807, 2.05) is 6.92 Å². The van der Waals surface area contributed by atoms with Crippen LogP contribution in [0.2, 0.25) is 0 Å². The SMILES string of the molecule is CCCCC(=O)OCOC(=O)C1=C(C)NC(C)=C(C(=O)O)C1c1cccc([N+](=O)[O-])c1. The highest BCUT2D eigenvalue weighted by molar-refractivity contribution is 5.99. The third-order valence-corrected chi connectivity index (χ3v) is 4.77. The summed E-state index contributed by atoms with van der Waals surface area (Å²) in [5.41, 5.74) is 0.462. The minimum absolute atomic E-state index is 0.0342. The zero-order chi connectivity index (χ0) is 23.1. The number of unbranched alkanes of at least 4 members (excludes halogenated alkanes) is 1. The molecular weight excluding hydrogens is 408 g/mol. The molecule has 1 aliphatic rings. The van der Waals surface area contributed by atoms with Gasteiger partial charge in [-0.3, -0.25) is 14.9 Å². The summed E-state index contributed by atoms with van der Waals surface area (Å²) >= 11 is 0. The summed E-state index contributed by atoms with van der Waals surface area (Å²) in [6.45, 7) is 4.40. The summed E-state index contributed by atoms with van der Waals surface area (Å²) in [6.07, 6.45) is 1.64. The van der Waals surface area contributed by atoms with E-state index in [0.717, 1.165) is 6.42 Å². The van der Waals surface area contributed by atoms with Gasteiger partial charge in [-0.2, -0.15) is 0 Å². The van der Waals surface area contributed by atoms with E-state index in [4.69, 9.17) is 9.47 Å². The summed E-state index contributed by atoms with van der Waals surface area (Å²) in [5.74, 6) is -3.80. The van der Waals surface area contributed by atoms with Crippen LogP contribution in [0.25, 0.3) is 0 Å². The van der Waals surface area contributed by atoms with E-state index in [1.54, 1.807) is 6.92 Å². The smallest absolute Gasteiger partial charge is 0.339 e. The lowest BCUT2D eigenvalue weighted by Gasteiger charge is -2.29. The van der Waals surface area contributed by atoms with Gasteiger partial charge in [-0.1, -0.05) is 25.5 Å². The molecule has 0 aromatic heterocycles. The molecule has 1 aliphatic heterocycles. The number of carboxylic acids is 1. The van der Waals surface area contributed by atoms with Gasteiger partial charge >= 0.3 is 17.9 Å². The van der Waals surface area contributed by atoms with Gasteiger partial charge in [0.15, 0.2) is 0 Å². The fourth-order valence-corrected chi connectivity index (χ4v) is 3.32. The zero-order valence-corrected chi connectivity index (χ0v) is 17.5. The molecular formula is C21H24N2O8. The fourth-order valence-electron chi connectivity index (χ4n) is 3.32. The monoisotopic (exact) mass is 432 g/mol. The Bertz CT molecular complexity index is 964. The van der Waals surface area contributed by atoms with E-state index in [-0.39, 0.29) is 28.8 Å². The molecule has 0 bridgehead atoms. The first kappa shape index (κ1) is 23.6. The number of esters is 2. The van der Waals surface area contributed by atoms with Crippen molar-refractivity contribution in [1.29, 1.82) is 0 Å². The number of carbonyl (C=O) groups excluding carboxylic acids is 2. The van der Waals surface area contributed by atoms with Crippen LogP contribution in [-0.2, 0) is 23.9 Å². The van der Waals surface area contributed by atoms with Crippen LogP contribution in [0.5, 0.6) is 0 Å². The molecule has 0 fully saturated rings. The van der Waals surface area contributed by atoms with Crippen LogP contribution < -0.4 is 5.32 Å². The van der Waals surface area contributed by atoms with Crippen molar-refractivity contribution in [2.45, 2.75) is 46.0 Å². The van der Waals surface area contributed by atoms with Gasteiger partial charge in [0, 0.05) is 29.9 Å². The summed E-state index contributed by atoms with van der Waals surface area (Å²) in [5, 5.41) is 23.8. The lowest BCUT2D eigenvalue weighted by molar-refractivity contribution is -0.384. The summed E-state index contributed by atoms with van der Waals surface area (Å²) in [4.78, 5) is 47.0. The highest BCUT2D eigenvalue weighted by Gasteiger charge is 2.37. The highest BCUT2D eigenvalue weighted by atomic mass is 16.7. The molecule has 0 spiro atoms. The molecule has 0 aliphatic carbocycles. The maximum atomic E-state index is 12.8. The number of benzene rings is 1. The third-order valence-electron chi connectivity index (χ3n) is 4.77. The first-order valence-electron chi connectivity index (χ1n) is 9.66. The van der Waals surface area contributed by atoms with Crippen LogP contribution in [-0.4, -0.2) is 34.7 Å². The van der Waals surface area contributed by atoms with Crippen LogP contribution in [0, 0.1) is 10.1 Å². The minimum atomic E-state index is -1.29. The van der Waals surface area contributed by atoms with E-state index in [1.165, 1.54) is 31.2 Å². The first-order chi connectivity index (χ1) is 14.7. The second-order valence-corrected chi connectivity index (χ2v) is 6.96. The average Bonchev–Trinajstić information content (AvgIpc) is 2.71. The van der Waals surface area contributed by atoms with Gasteiger partial charge in [-0.15, -0.1) is 0 Å². The van der Waals surface area contributed by atoms with Crippen molar-refractivity contribution < 1.29 is 33.9 Å². The number of hydrogen-bond acceptors (Lipinski definition) is 8. The number of carboxylic acid groups (broad SMARTS) is 1. The topological polar surface area (TPSA) is 145 Å². The van der Waals surface area contributed by atoms with Crippen molar-refractivity contribution in [3.05, 3.63) is 62.5 Å². The Kier molecular flexibility index (Phi) is 7.89. The number of aliphatic carboxylic acids is 1. The number of non-ortho nitro benzene ring substituents is 1. The number of carbonyl (C=O) groups is 3. The molecule has 166 valence electrons. The Labute approximate surface area is 178 Å². The number of ether oxygens (including phenoxy) is 2. The number of nitrogens with one attached hydrogen (secondary N) is 1. The number of allylic oxidation sites excluding steroid dienone is 2. The molecule has 0 saturated heterocycles. The van der Waals surface area contributed by atoms with Gasteiger partial charge in [-0.05, 0) is 25.8 Å². The molecule has 0 amide bonds. The molecule has 10 heteroatoms. The summed E-state index contributed by atoms with van der Waals surface area (Å²) in [7, 11) is 0. The van der Waals surface area contributed by atoms with Crippen molar-refractivity contribution in [3.8, 4) is 0 Å². The Morgan fingerprint density at radius 2 is 1.84 bits per heavy atom. The molecule has 1 unspecified atom stereocenters. The van der Waals surface area contributed by atoms with Crippen LogP contribution in [0.1, 0.15) is 51.5 Å². The number of rotatable bonds is 9. The van der Waals surface area contributed by atoms with Crippen molar-refractivity contribution in [1.82, 2.24) is 5.32 Å². The van der Waals surface area contributed by atoms with Gasteiger partial charge in [0.1, 0.15) is 0 Å². The lowest BCUT2D eigenvalue weighted by Crippen LogP contribution is -2.32. The van der Waals surface area contributed by atoms with Crippen molar-refractivity contribution in [2.75, 3.05) is 6.79 Å². The van der Waals surface area contributed by atoms with E-state index < -0.39 is 35.5 Å². The molecule has 2 N–H and O–H groups in total. The van der Waals surface area contributed by atoms with Crippen molar-refractivity contribution in [3.63, 3.8) is 0 Å². The molecule has 1 aromatic carbocycles. The molecule has 2 rings (SSSR count). The van der Waals surface area contributed by atoms with Crippen molar-refractivity contribution >= 4 is 23.6 Å². The predicted octanol–water partition coefficient (Wildman–Crippen LogP) is 3.15. The van der Waals surface area contributed by atoms with E-state index in [0.29, 0.717) is 17.8 Å². The molecule has 1 aromatic rings. The van der Waals surface area contributed by atoms with Crippen molar-refractivity contribution in [2.24, 2.45) is 0 Å². The van der Waals surface area contributed by atoms with E-state index in [9.17, 15) is 29.6 Å². The van der Waals surface area contributed by atoms with Gasteiger partial charge in [0.2, 0.25) is 6.79 Å². The average molecular weight is 432 g/mol. The zero-order valence-electron chi connectivity index (χ0n) is 17.5. The third kappa shape index (κ3) is 5.68. The molecule has 0 radical (unpaired) electrons. The quantitative estimate of drug-likeness (QED) is 0.260. The Morgan fingerprint density at radius 1 is 1.16 bits per heavy atom. The van der Waals surface area contributed by atoms with E-state index >= 15 is 0 Å². The van der Waals surface area contributed by atoms with Gasteiger partial charge in [0.25, 0.3) is 5.69 Å². The molecule has 1 heterocycles.